The summed E-state index contributed by atoms with van der Waals surface area (Å²) in [4.78, 5) is 32.1. The lowest BCUT2D eigenvalue weighted by Crippen LogP contribution is -2.67. The number of nitrogens with zero attached hydrogens (tertiary/aromatic N) is 1. The van der Waals surface area contributed by atoms with Crippen LogP contribution in [0.1, 0.15) is 102 Å². The number of para-hydroxylation sites is 1. The number of nitrogens with one attached hydrogen (secondary N) is 1. The van der Waals surface area contributed by atoms with Gasteiger partial charge in [0.15, 0.2) is 5.78 Å². The van der Waals surface area contributed by atoms with Gasteiger partial charge in [0.25, 0.3) is 0 Å². The molecule has 0 heterocycles. The number of carbonyl (C=O) groups is 2. The van der Waals surface area contributed by atoms with E-state index in [2.05, 4.69) is 69.4 Å². The number of hydrogen-bond acceptors (Lipinski definition) is 4. The third kappa shape index (κ3) is 5.28. The molecule has 0 radical (unpaired) electrons. The summed E-state index contributed by atoms with van der Waals surface area (Å²) >= 11 is 0. The smallest absolute Gasteiger partial charge is 0.321 e. The number of fused-ring (bicyclic) bond motifs is 3. The lowest BCUT2D eigenvalue weighted by Gasteiger charge is -2.71. The fraction of sp³-hybridized carbons (Fsp3) is 0.538. The lowest BCUT2D eigenvalue weighted by molar-refractivity contribution is -0.176. The number of carbonyl (C=O) groups excluding carboxylic acids is 2. The molecule has 2 spiro atoms. The highest BCUT2D eigenvalue weighted by Gasteiger charge is 2.74. The maximum absolute atomic E-state index is 15.6. The van der Waals surface area contributed by atoms with E-state index in [9.17, 15) is 15.0 Å². The number of urea groups is 1. The molecule has 6 nitrogen and oxygen atoms in total. The zero-order valence-corrected chi connectivity index (χ0v) is 34.9. The number of anilines is 1. The number of aliphatic hydroxyl groups is 2. The maximum Gasteiger partial charge on any atom is 0.321 e. The summed E-state index contributed by atoms with van der Waals surface area (Å²) in [6.07, 6.45) is 15.6. The van der Waals surface area contributed by atoms with Crippen LogP contribution < -0.4 is 5.32 Å². The molecule has 0 saturated heterocycles. The molecule has 6 saturated carbocycles. The highest BCUT2D eigenvalue weighted by Crippen LogP contribution is 2.78. The van der Waals surface area contributed by atoms with Crippen molar-refractivity contribution in [2.75, 3.05) is 18.4 Å². The van der Waals surface area contributed by atoms with Crippen molar-refractivity contribution in [1.82, 2.24) is 4.90 Å². The summed E-state index contributed by atoms with van der Waals surface area (Å²) in [5.41, 5.74) is 1.76. The van der Waals surface area contributed by atoms with Crippen LogP contribution in [-0.4, -0.2) is 51.7 Å². The summed E-state index contributed by atoms with van der Waals surface area (Å²) in [5, 5.41) is 27.9. The average Bonchev–Trinajstić information content (AvgIpc) is 3.50. The Labute approximate surface area is 345 Å². The van der Waals surface area contributed by atoms with Gasteiger partial charge in [0.2, 0.25) is 0 Å². The second kappa shape index (κ2) is 13.2. The minimum absolute atomic E-state index is 0.00102. The summed E-state index contributed by atoms with van der Waals surface area (Å²) in [7, 11) is 0. The molecule has 2 amide bonds. The average molecular weight is 779 g/mol. The fourth-order valence-corrected chi connectivity index (χ4v) is 15.0. The van der Waals surface area contributed by atoms with Crippen molar-refractivity contribution in [3.8, 4) is 11.1 Å². The number of benzene rings is 3. The normalized spacial score (nSPS) is 40.0. The zero-order valence-electron chi connectivity index (χ0n) is 34.9. The first-order chi connectivity index (χ1) is 27.7. The molecule has 12 rings (SSSR count). The Balaban J connectivity index is 1.04. The Morgan fingerprint density at radius 3 is 2.19 bits per heavy atom. The predicted octanol–water partition coefficient (Wildman–Crippen LogP) is 10.7. The van der Waals surface area contributed by atoms with Gasteiger partial charge in [-0.2, -0.15) is 0 Å². The van der Waals surface area contributed by atoms with Crippen molar-refractivity contribution in [1.29, 1.82) is 0 Å². The van der Waals surface area contributed by atoms with E-state index in [0.717, 1.165) is 66.8 Å². The van der Waals surface area contributed by atoms with Gasteiger partial charge in [0.1, 0.15) is 0 Å². The van der Waals surface area contributed by atoms with E-state index in [1.807, 2.05) is 71.6 Å². The highest BCUT2D eigenvalue weighted by atomic mass is 16.3. The standard InChI is InChI=1S/C52H62N2O4/c1-47(2)36-20-19-35(41(47)29-36)32-54(46(57)53-37-15-9-6-10-16-37)33-51(58)26-23-44-49(51,4)25-22-43-48(3)24-21-38(55)30-50(48)27-28-52(43,44)42(31-50)45(56)40-18-12-11-17-39(40)34-13-7-5-8-14-34/h5-18,27-28,31,35-36,38,41,43-44,55,58H,19-26,29-30,32-33H2,1-4H3,(H,53,57). The molecule has 0 aliphatic heterocycles. The molecule has 3 aromatic carbocycles. The molecule has 4 bridgehead atoms. The molecular formula is C52H62N2O4. The van der Waals surface area contributed by atoms with E-state index in [-0.39, 0.29) is 41.0 Å². The van der Waals surface area contributed by atoms with Gasteiger partial charge in [-0.3, -0.25) is 4.79 Å². The number of hydrogen-bond donors (Lipinski definition) is 3. The van der Waals surface area contributed by atoms with E-state index in [1.165, 1.54) is 12.8 Å². The second-order valence-corrected chi connectivity index (χ2v) is 20.9. The van der Waals surface area contributed by atoms with E-state index in [1.54, 1.807) is 0 Å². The SMILES string of the molecule is CC1(C)C2CCC(CN(CC3(O)CCC4C56C=CC7(C=C5C(=O)c5ccccc5-c5ccccc5)CC(O)CCC7(C)C6CCC43C)C(=O)Nc3ccccc3)C1C2. The van der Waals surface area contributed by atoms with Gasteiger partial charge in [-0.05, 0) is 128 Å². The first-order valence-electron chi connectivity index (χ1n) is 22.4. The molecule has 304 valence electrons. The van der Waals surface area contributed by atoms with Gasteiger partial charge in [0, 0.05) is 39.6 Å². The van der Waals surface area contributed by atoms with Gasteiger partial charge in [-0.25, -0.2) is 4.79 Å². The minimum Gasteiger partial charge on any atom is -0.393 e. The molecule has 6 fully saturated rings. The van der Waals surface area contributed by atoms with Crippen LogP contribution in [0.5, 0.6) is 0 Å². The predicted molar refractivity (Wildman–Crippen MR) is 230 cm³/mol. The number of aliphatic hydroxyl groups excluding tert-OH is 1. The van der Waals surface area contributed by atoms with Crippen molar-refractivity contribution in [3.05, 3.63) is 114 Å². The Morgan fingerprint density at radius 1 is 0.776 bits per heavy atom. The first kappa shape index (κ1) is 38.2. The molecule has 6 heteroatoms. The molecule has 3 N–H and O–H groups in total. The van der Waals surface area contributed by atoms with Gasteiger partial charge >= 0.3 is 6.03 Å². The minimum atomic E-state index is -1.14. The fourth-order valence-electron chi connectivity index (χ4n) is 15.0. The zero-order chi connectivity index (χ0) is 40.3. The largest absolute Gasteiger partial charge is 0.393 e. The van der Waals surface area contributed by atoms with Crippen LogP contribution in [0.25, 0.3) is 11.1 Å². The van der Waals surface area contributed by atoms with Crippen LogP contribution in [0.15, 0.2) is 109 Å². The quantitative estimate of drug-likeness (QED) is 0.157. The monoisotopic (exact) mass is 778 g/mol. The Hall–Kier alpha value is -4.00. The Morgan fingerprint density at radius 2 is 1.45 bits per heavy atom. The number of rotatable bonds is 8. The summed E-state index contributed by atoms with van der Waals surface area (Å²) in [6, 6.07) is 27.8. The molecule has 9 aliphatic carbocycles. The Kier molecular flexibility index (Phi) is 8.73. The van der Waals surface area contributed by atoms with Crippen molar-refractivity contribution in [3.63, 3.8) is 0 Å². The molecular weight excluding hydrogens is 717 g/mol. The second-order valence-electron chi connectivity index (χ2n) is 20.9. The molecule has 9 aliphatic rings. The number of ketones is 1. The van der Waals surface area contributed by atoms with Crippen molar-refractivity contribution in [2.45, 2.75) is 104 Å². The van der Waals surface area contributed by atoms with E-state index >= 15 is 4.79 Å². The van der Waals surface area contributed by atoms with Gasteiger partial charge < -0.3 is 20.4 Å². The van der Waals surface area contributed by atoms with Gasteiger partial charge in [-0.15, -0.1) is 0 Å². The first-order valence-corrected chi connectivity index (χ1v) is 22.4. The van der Waals surface area contributed by atoms with Crippen LogP contribution in [0.2, 0.25) is 0 Å². The van der Waals surface area contributed by atoms with Crippen molar-refractivity contribution >= 4 is 17.5 Å². The van der Waals surface area contributed by atoms with E-state index < -0.39 is 27.9 Å². The summed E-state index contributed by atoms with van der Waals surface area (Å²) in [5.74, 6) is 2.01. The van der Waals surface area contributed by atoms with Gasteiger partial charge in [-0.1, -0.05) is 119 Å². The van der Waals surface area contributed by atoms with Crippen LogP contribution in [0, 0.1) is 56.7 Å². The topological polar surface area (TPSA) is 89.9 Å². The highest BCUT2D eigenvalue weighted by molar-refractivity contribution is 6.14. The number of allylic oxidation sites excluding steroid dienone is 4. The third-order valence-electron chi connectivity index (χ3n) is 18.4. The van der Waals surface area contributed by atoms with Crippen molar-refractivity contribution < 1.29 is 19.8 Å². The van der Waals surface area contributed by atoms with Crippen LogP contribution >= 0.6 is 0 Å². The van der Waals surface area contributed by atoms with E-state index in [0.29, 0.717) is 36.8 Å². The molecule has 11 atom stereocenters. The summed E-state index contributed by atoms with van der Waals surface area (Å²) < 4.78 is 0. The number of Topliss-reactive ketones (excluding diaryl/α,β-unsaturated/α-hetero) is 1. The van der Waals surface area contributed by atoms with Crippen molar-refractivity contribution in [2.24, 2.45) is 56.7 Å². The molecule has 11 unspecified atom stereocenters. The molecule has 3 aromatic rings. The van der Waals surface area contributed by atoms with Gasteiger partial charge in [0.05, 0.1) is 18.2 Å². The Bertz CT molecular complexity index is 2180. The molecule has 0 aromatic heterocycles. The summed E-state index contributed by atoms with van der Waals surface area (Å²) in [6.45, 7) is 10.5. The lowest BCUT2D eigenvalue weighted by atomic mass is 9.32. The maximum atomic E-state index is 15.6. The van der Waals surface area contributed by atoms with E-state index in [4.69, 9.17) is 0 Å². The van der Waals surface area contributed by atoms with Crippen LogP contribution in [-0.2, 0) is 0 Å². The molecule has 58 heavy (non-hydrogen) atoms. The van der Waals surface area contributed by atoms with Crippen LogP contribution in [0.3, 0.4) is 0 Å². The third-order valence-corrected chi connectivity index (χ3v) is 18.4. The number of amides is 2. The van der Waals surface area contributed by atoms with Crippen LogP contribution in [0.4, 0.5) is 10.5 Å².